The van der Waals surface area contributed by atoms with Crippen molar-refractivity contribution in [1.29, 1.82) is 0 Å². The maximum Gasteiger partial charge on any atom is 0.227 e. The maximum atomic E-state index is 12.3. The van der Waals surface area contributed by atoms with Gasteiger partial charge in [-0.1, -0.05) is 18.2 Å². The van der Waals surface area contributed by atoms with Gasteiger partial charge in [-0.05, 0) is 38.1 Å². The van der Waals surface area contributed by atoms with E-state index in [-0.39, 0.29) is 36.6 Å². The van der Waals surface area contributed by atoms with Crippen molar-refractivity contribution in [3.63, 3.8) is 0 Å². The van der Waals surface area contributed by atoms with Gasteiger partial charge in [0.25, 0.3) is 0 Å². The predicted molar refractivity (Wildman–Crippen MR) is 99.5 cm³/mol. The predicted octanol–water partition coefficient (Wildman–Crippen LogP) is 3.66. The van der Waals surface area contributed by atoms with E-state index in [4.69, 9.17) is 4.74 Å². The number of piperidine rings is 1. The van der Waals surface area contributed by atoms with Gasteiger partial charge in [0.15, 0.2) is 5.75 Å². The van der Waals surface area contributed by atoms with Crippen molar-refractivity contribution in [2.45, 2.75) is 12.8 Å². The highest BCUT2D eigenvalue weighted by Gasteiger charge is 2.21. The van der Waals surface area contributed by atoms with E-state index in [0.717, 1.165) is 31.7 Å². The number of anilines is 1. The van der Waals surface area contributed by atoms with E-state index in [1.54, 1.807) is 18.5 Å². The molecule has 1 fully saturated rings. The molecule has 2 aromatic rings. The van der Waals surface area contributed by atoms with E-state index < -0.39 is 0 Å². The molecule has 0 unspecified atom stereocenters. The van der Waals surface area contributed by atoms with Gasteiger partial charge in [0.2, 0.25) is 5.91 Å². The molecular weight excluding hydrogens is 349 g/mol. The summed E-state index contributed by atoms with van der Waals surface area (Å²) >= 11 is 0. The van der Waals surface area contributed by atoms with Crippen molar-refractivity contribution in [1.82, 2.24) is 10.3 Å². The number of nitrogens with zero attached hydrogens (tertiary/aromatic N) is 1. The summed E-state index contributed by atoms with van der Waals surface area (Å²) in [7, 11) is 0. The van der Waals surface area contributed by atoms with Crippen LogP contribution in [0.1, 0.15) is 12.8 Å². The van der Waals surface area contributed by atoms with Crippen molar-refractivity contribution in [2.24, 2.45) is 5.92 Å². The molecule has 1 aromatic heterocycles. The van der Waals surface area contributed by atoms with E-state index in [9.17, 15) is 4.79 Å². The van der Waals surface area contributed by atoms with Crippen molar-refractivity contribution in [3.05, 3.63) is 48.8 Å². The first-order valence-electron chi connectivity index (χ1n) is 7.51. The molecule has 2 heterocycles. The lowest BCUT2D eigenvalue weighted by Gasteiger charge is -2.22. The zero-order chi connectivity index (χ0) is 15.2. The number of pyridine rings is 1. The smallest absolute Gasteiger partial charge is 0.227 e. The minimum Gasteiger partial charge on any atom is -0.455 e. The van der Waals surface area contributed by atoms with Crippen LogP contribution in [0.3, 0.4) is 0 Å². The molecule has 3 rings (SSSR count). The van der Waals surface area contributed by atoms with Crippen LogP contribution in [-0.4, -0.2) is 24.0 Å². The van der Waals surface area contributed by atoms with E-state index in [2.05, 4.69) is 15.6 Å². The molecule has 1 aliphatic rings. The third kappa shape index (κ3) is 5.37. The van der Waals surface area contributed by atoms with Crippen LogP contribution in [0.15, 0.2) is 48.8 Å². The van der Waals surface area contributed by atoms with Crippen LogP contribution in [0.2, 0.25) is 0 Å². The summed E-state index contributed by atoms with van der Waals surface area (Å²) in [5, 5.41) is 6.21. The van der Waals surface area contributed by atoms with Gasteiger partial charge in [0.05, 0.1) is 6.20 Å². The fourth-order valence-electron chi connectivity index (χ4n) is 2.50. The second-order valence-electron chi connectivity index (χ2n) is 5.30. The molecule has 0 radical (unpaired) electrons. The highest BCUT2D eigenvalue weighted by atomic mass is 35.5. The van der Waals surface area contributed by atoms with Gasteiger partial charge in [0, 0.05) is 18.2 Å². The number of hydrogen-bond donors (Lipinski definition) is 2. The fourth-order valence-corrected chi connectivity index (χ4v) is 2.50. The lowest BCUT2D eigenvalue weighted by atomic mass is 9.97. The summed E-state index contributed by atoms with van der Waals surface area (Å²) in [6.07, 6.45) is 5.00. The highest BCUT2D eigenvalue weighted by molar-refractivity contribution is 5.93. The van der Waals surface area contributed by atoms with Crippen LogP contribution in [0.4, 0.5) is 5.69 Å². The second-order valence-corrected chi connectivity index (χ2v) is 5.30. The van der Waals surface area contributed by atoms with Crippen LogP contribution in [0.25, 0.3) is 0 Å². The Hall–Kier alpha value is -1.82. The maximum absolute atomic E-state index is 12.3. The van der Waals surface area contributed by atoms with E-state index in [0.29, 0.717) is 11.4 Å². The molecule has 0 bridgehead atoms. The Bertz CT molecular complexity index is 635. The van der Waals surface area contributed by atoms with Gasteiger partial charge in [-0.15, -0.1) is 24.8 Å². The molecule has 0 spiro atoms. The molecule has 1 amide bonds. The number of benzene rings is 1. The summed E-state index contributed by atoms with van der Waals surface area (Å²) in [6.45, 7) is 1.77. The summed E-state index contributed by atoms with van der Waals surface area (Å²) in [5.41, 5.74) is 0.606. The average molecular weight is 370 g/mol. The average Bonchev–Trinajstić information content (AvgIpc) is 2.58. The Labute approximate surface area is 154 Å². The Morgan fingerprint density at radius 3 is 2.54 bits per heavy atom. The summed E-state index contributed by atoms with van der Waals surface area (Å²) < 4.78 is 5.83. The number of hydrogen-bond acceptors (Lipinski definition) is 4. The van der Waals surface area contributed by atoms with Crippen LogP contribution >= 0.6 is 24.8 Å². The van der Waals surface area contributed by atoms with Crippen LogP contribution in [0, 0.1) is 5.92 Å². The van der Waals surface area contributed by atoms with Crippen LogP contribution < -0.4 is 15.4 Å². The first kappa shape index (κ1) is 20.2. The topological polar surface area (TPSA) is 63.2 Å². The molecule has 24 heavy (non-hydrogen) atoms. The number of amides is 1. The number of para-hydroxylation sites is 1. The van der Waals surface area contributed by atoms with Crippen molar-refractivity contribution in [2.75, 3.05) is 18.4 Å². The zero-order valence-electron chi connectivity index (χ0n) is 13.1. The Morgan fingerprint density at radius 2 is 1.83 bits per heavy atom. The molecule has 0 saturated carbocycles. The third-order valence-corrected chi connectivity index (χ3v) is 3.72. The molecule has 2 N–H and O–H groups in total. The van der Waals surface area contributed by atoms with E-state index >= 15 is 0 Å². The van der Waals surface area contributed by atoms with Crippen LogP contribution in [-0.2, 0) is 4.79 Å². The Balaban J connectivity index is 0.00000144. The molecule has 1 saturated heterocycles. The minimum absolute atomic E-state index is 0. The van der Waals surface area contributed by atoms with E-state index in [1.165, 1.54) is 0 Å². The standard InChI is InChI=1S/C17H19N3O2.2ClH/c21-17(13-6-9-18-10-7-13)20-15-12-19-11-8-16(15)22-14-4-2-1-3-5-14;;/h1-5,8,11-13,18H,6-7,9-10H2,(H,20,21);2*1H. The summed E-state index contributed by atoms with van der Waals surface area (Å²) in [5.74, 6) is 1.41. The molecule has 0 aliphatic carbocycles. The molecule has 130 valence electrons. The first-order chi connectivity index (χ1) is 10.8. The molecule has 1 aliphatic heterocycles. The number of nitrogens with one attached hydrogen (secondary N) is 2. The van der Waals surface area contributed by atoms with Gasteiger partial charge in [-0.2, -0.15) is 0 Å². The zero-order valence-corrected chi connectivity index (χ0v) is 14.7. The normalized spacial score (nSPS) is 14.0. The van der Waals surface area contributed by atoms with Gasteiger partial charge in [0.1, 0.15) is 11.4 Å². The van der Waals surface area contributed by atoms with Crippen molar-refractivity contribution in [3.8, 4) is 11.5 Å². The van der Waals surface area contributed by atoms with Crippen molar-refractivity contribution >= 4 is 36.4 Å². The summed E-state index contributed by atoms with van der Waals surface area (Å²) in [6, 6.07) is 11.2. The minimum atomic E-state index is 0. The lowest BCUT2D eigenvalue weighted by Crippen LogP contribution is -2.34. The fraction of sp³-hybridized carbons (Fsp3) is 0.294. The molecule has 1 aromatic carbocycles. The largest absolute Gasteiger partial charge is 0.455 e. The van der Waals surface area contributed by atoms with E-state index in [1.807, 2.05) is 30.3 Å². The monoisotopic (exact) mass is 369 g/mol. The van der Waals surface area contributed by atoms with Gasteiger partial charge >= 0.3 is 0 Å². The van der Waals surface area contributed by atoms with Gasteiger partial charge in [-0.25, -0.2) is 0 Å². The number of aromatic nitrogens is 1. The number of halogens is 2. The highest BCUT2D eigenvalue weighted by Crippen LogP contribution is 2.29. The number of rotatable bonds is 4. The van der Waals surface area contributed by atoms with Crippen molar-refractivity contribution < 1.29 is 9.53 Å². The Morgan fingerprint density at radius 1 is 1.12 bits per heavy atom. The summed E-state index contributed by atoms with van der Waals surface area (Å²) in [4.78, 5) is 16.4. The quantitative estimate of drug-likeness (QED) is 0.862. The SMILES string of the molecule is Cl.Cl.O=C(Nc1cnccc1Oc1ccccc1)C1CCNCC1. The second kappa shape index (κ2) is 10.1. The van der Waals surface area contributed by atoms with Gasteiger partial charge in [-0.3, -0.25) is 9.78 Å². The molecule has 7 heteroatoms. The number of carbonyl (C=O) groups excluding carboxylic acids is 1. The van der Waals surface area contributed by atoms with Gasteiger partial charge < -0.3 is 15.4 Å². The number of ether oxygens (including phenoxy) is 1. The molecular formula is C17H21Cl2N3O2. The Kier molecular flexibility index (Phi) is 8.54. The number of carbonyl (C=O) groups is 1. The molecule has 5 nitrogen and oxygen atoms in total. The first-order valence-corrected chi connectivity index (χ1v) is 7.51. The lowest BCUT2D eigenvalue weighted by molar-refractivity contribution is -0.120. The third-order valence-electron chi connectivity index (χ3n) is 3.72. The van der Waals surface area contributed by atoms with Crippen LogP contribution in [0.5, 0.6) is 11.5 Å². The molecule has 0 atom stereocenters.